The second-order valence-electron chi connectivity index (χ2n) is 7.95. The van der Waals surface area contributed by atoms with Crippen molar-refractivity contribution in [3.8, 4) is 0 Å². The van der Waals surface area contributed by atoms with E-state index in [0.717, 1.165) is 11.8 Å². The predicted octanol–water partition coefficient (Wildman–Crippen LogP) is 2.26. The first-order valence-electron chi connectivity index (χ1n) is 10.0. The average molecular weight is 468 g/mol. The Morgan fingerprint density at radius 3 is 2.64 bits per heavy atom. The highest BCUT2D eigenvalue weighted by atomic mass is 19.4. The summed E-state index contributed by atoms with van der Waals surface area (Å²) in [6.07, 6.45) is -4.17. The smallest absolute Gasteiger partial charge is 0.459 e. The number of hydrogen-bond donors (Lipinski definition) is 2. The molecule has 0 aliphatic carbocycles. The van der Waals surface area contributed by atoms with E-state index in [1.807, 2.05) is 0 Å². The number of benzene rings is 1. The van der Waals surface area contributed by atoms with Gasteiger partial charge in [0, 0.05) is 17.3 Å². The Morgan fingerprint density at radius 1 is 1.33 bits per heavy atom. The minimum Gasteiger partial charge on any atom is -0.459 e. The first kappa shape index (κ1) is 24.7. The SMILES string of the molecule is Cc1c(C(=O)N[C@H](C(=O)OCc2cnc(C(F)(F)F)c(F)c2)C(C)C)ccc2c1B(O)OC2. The van der Waals surface area contributed by atoms with Gasteiger partial charge in [0.15, 0.2) is 11.5 Å². The van der Waals surface area contributed by atoms with Gasteiger partial charge in [-0.15, -0.1) is 0 Å². The van der Waals surface area contributed by atoms with E-state index in [-0.39, 0.29) is 17.7 Å². The Labute approximate surface area is 187 Å². The van der Waals surface area contributed by atoms with Gasteiger partial charge in [0.25, 0.3) is 5.91 Å². The summed E-state index contributed by atoms with van der Waals surface area (Å²) in [4.78, 5) is 28.5. The van der Waals surface area contributed by atoms with Crippen molar-refractivity contribution in [2.45, 2.75) is 46.2 Å². The summed E-state index contributed by atoms with van der Waals surface area (Å²) in [7, 11) is -1.14. The number of pyridine rings is 1. The zero-order chi connectivity index (χ0) is 24.5. The van der Waals surface area contributed by atoms with Crippen LogP contribution in [0, 0.1) is 18.7 Å². The van der Waals surface area contributed by atoms with Gasteiger partial charge in [0.2, 0.25) is 0 Å². The number of carbonyl (C=O) groups is 2. The van der Waals surface area contributed by atoms with E-state index in [0.29, 0.717) is 17.1 Å². The van der Waals surface area contributed by atoms with Gasteiger partial charge in [-0.3, -0.25) is 4.79 Å². The van der Waals surface area contributed by atoms with Crippen molar-refractivity contribution in [3.05, 3.63) is 58.2 Å². The fraction of sp³-hybridized carbons (Fsp3) is 0.381. The Kier molecular flexibility index (Phi) is 7.08. The van der Waals surface area contributed by atoms with E-state index >= 15 is 0 Å². The monoisotopic (exact) mass is 468 g/mol. The molecule has 2 heterocycles. The van der Waals surface area contributed by atoms with Gasteiger partial charge in [-0.25, -0.2) is 14.2 Å². The second-order valence-corrected chi connectivity index (χ2v) is 7.95. The number of aromatic nitrogens is 1. The number of esters is 1. The Bertz CT molecular complexity index is 1080. The lowest BCUT2D eigenvalue weighted by Crippen LogP contribution is -2.46. The number of halogens is 4. The van der Waals surface area contributed by atoms with Gasteiger partial charge in [-0.2, -0.15) is 13.2 Å². The third-order valence-corrected chi connectivity index (χ3v) is 5.25. The molecule has 2 N–H and O–H groups in total. The summed E-state index contributed by atoms with van der Waals surface area (Å²) >= 11 is 0. The molecule has 0 spiro atoms. The van der Waals surface area contributed by atoms with Crippen LogP contribution in [0.2, 0.25) is 0 Å². The molecule has 1 atom stereocenters. The molecule has 0 fully saturated rings. The molecule has 1 aromatic carbocycles. The molecule has 0 saturated carbocycles. The van der Waals surface area contributed by atoms with Crippen LogP contribution in [0.4, 0.5) is 17.6 Å². The van der Waals surface area contributed by atoms with Crippen molar-refractivity contribution in [3.63, 3.8) is 0 Å². The highest BCUT2D eigenvalue weighted by molar-refractivity contribution is 6.62. The van der Waals surface area contributed by atoms with Crippen LogP contribution in [-0.4, -0.2) is 35.0 Å². The van der Waals surface area contributed by atoms with Gasteiger partial charge in [-0.05, 0) is 41.6 Å². The van der Waals surface area contributed by atoms with Crippen LogP contribution in [0.5, 0.6) is 0 Å². The van der Waals surface area contributed by atoms with Gasteiger partial charge in [-0.1, -0.05) is 19.9 Å². The molecule has 1 aliphatic rings. The van der Waals surface area contributed by atoms with Crippen molar-refractivity contribution < 1.29 is 41.6 Å². The number of carbonyl (C=O) groups excluding carboxylic acids is 2. The van der Waals surface area contributed by atoms with Gasteiger partial charge in [0.05, 0.1) is 6.61 Å². The fourth-order valence-electron chi connectivity index (χ4n) is 3.48. The molecule has 0 saturated heterocycles. The molecule has 176 valence electrons. The Morgan fingerprint density at radius 2 is 2.03 bits per heavy atom. The van der Waals surface area contributed by atoms with Crippen molar-refractivity contribution >= 4 is 24.5 Å². The minimum atomic E-state index is -4.94. The van der Waals surface area contributed by atoms with Gasteiger partial charge >= 0.3 is 19.3 Å². The quantitative estimate of drug-likeness (QED) is 0.384. The van der Waals surface area contributed by atoms with E-state index in [4.69, 9.17) is 9.39 Å². The number of rotatable bonds is 6. The summed E-state index contributed by atoms with van der Waals surface area (Å²) in [6, 6.07) is 2.72. The molecule has 0 unspecified atom stereocenters. The highest BCUT2D eigenvalue weighted by Crippen LogP contribution is 2.29. The van der Waals surface area contributed by atoms with Crippen LogP contribution in [0.25, 0.3) is 0 Å². The summed E-state index contributed by atoms with van der Waals surface area (Å²) in [5.41, 5.74) is 0.274. The second kappa shape index (κ2) is 9.48. The number of nitrogens with one attached hydrogen (secondary N) is 1. The van der Waals surface area contributed by atoms with Crippen LogP contribution in [-0.2, 0) is 33.6 Å². The number of nitrogens with zero attached hydrogens (tertiary/aromatic N) is 1. The molecule has 0 bridgehead atoms. The van der Waals surface area contributed by atoms with Crippen molar-refractivity contribution in [2.75, 3.05) is 0 Å². The lowest BCUT2D eigenvalue weighted by Gasteiger charge is -2.22. The first-order chi connectivity index (χ1) is 15.4. The molecule has 33 heavy (non-hydrogen) atoms. The molecule has 2 aromatic rings. The molecule has 1 aliphatic heterocycles. The third-order valence-electron chi connectivity index (χ3n) is 5.25. The van der Waals surface area contributed by atoms with E-state index < -0.39 is 55.2 Å². The number of fused-ring (bicyclic) bond motifs is 1. The first-order valence-corrected chi connectivity index (χ1v) is 10.0. The van der Waals surface area contributed by atoms with Crippen LogP contribution < -0.4 is 10.8 Å². The molecular weight excluding hydrogens is 447 g/mol. The molecule has 3 rings (SSSR count). The van der Waals surface area contributed by atoms with Crippen LogP contribution in [0.3, 0.4) is 0 Å². The largest absolute Gasteiger partial charge is 0.492 e. The van der Waals surface area contributed by atoms with Crippen molar-refractivity contribution in [1.29, 1.82) is 0 Å². The third kappa shape index (κ3) is 5.33. The Hall–Kier alpha value is -2.99. The summed E-state index contributed by atoms with van der Waals surface area (Å²) in [5, 5.41) is 12.5. The molecule has 12 heteroatoms. The van der Waals surface area contributed by atoms with Gasteiger partial charge < -0.3 is 19.7 Å². The van der Waals surface area contributed by atoms with E-state index in [1.54, 1.807) is 32.9 Å². The topological polar surface area (TPSA) is 97.8 Å². The summed E-state index contributed by atoms with van der Waals surface area (Å²) in [5.74, 6) is -3.40. The average Bonchev–Trinajstić information content (AvgIpc) is 3.10. The van der Waals surface area contributed by atoms with Crippen molar-refractivity contribution in [1.82, 2.24) is 10.3 Å². The zero-order valence-electron chi connectivity index (χ0n) is 18.0. The molecule has 7 nitrogen and oxygen atoms in total. The molecule has 1 amide bonds. The number of amides is 1. The summed E-state index contributed by atoms with van der Waals surface area (Å²) in [6.45, 7) is 4.68. The predicted molar refractivity (Wildman–Crippen MR) is 109 cm³/mol. The van der Waals surface area contributed by atoms with Crippen molar-refractivity contribution in [2.24, 2.45) is 5.92 Å². The Balaban J connectivity index is 1.70. The number of ether oxygens (including phenoxy) is 1. The fourth-order valence-corrected chi connectivity index (χ4v) is 3.48. The van der Waals surface area contributed by atoms with Gasteiger partial charge in [0.1, 0.15) is 12.6 Å². The minimum absolute atomic E-state index is 0.0777. The standard InChI is InChI=1S/C21H21BF4N2O5/c1-10(2)17(20(30)32-8-12-6-15(23)18(27-7-12)21(24,25)26)28-19(29)14-5-4-13-9-33-22(31)16(13)11(14)3/h4-7,10,17,31H,8-9H2,1-3H3,(H,28,29)/t17-/m0/s1. The highest BCUT2D eigenvalue weighted by Gasteiger charge is 2.36. The maximum absolute atomic E-state index is 13.7. The lowest BCUT2D eigenvalue weighted by molar-refractivity contribution is -0.149. The zero-order valence-corrected chi connectivity index (χ0v) is 18.0. The number of alkyl halides is 3. The summed E-state index contributed by atoms with van der Waals surface area (Å²) < 4.78 is 61.8. The lowest BCUT2D eigenvalue weighted by atomic mass is 9.75. The van der Waals surface area contributed by atoms with Crippen LogP contribution >= 0.6 is 0 Å². The van der Waals surface area contributed by atoms with E-state index in [2.05, 4.69) is 10.3 Å². The van der Waals surface area contributed by atoms with Crippen LogP contribution in [0.15, 0.2) is 24.4 Å². The molecule has 1 aromatic heterocycles. The van der Waals surface area contributed by atoms with E-state index in [9.17, 15) is 32.2 Å². The van der Waals surface area contributed by atoms with Crippen LogP contribution in [0.1, 0.15) is 46.6 Å². The normalized spacial score (nSPS) is 14.3. The molecule has 0 radical (unpaired) electrons. The number of hydrogen-bond acceptors (Lipinski definition) is 6. The maximum Gasteiger partial charge on any atom is 0.492 e. The molecular formula is C21H21BF4N2O5. The maximum atomic E-state index is 13.7. The van der Waals surface area contributed by atoms with E-state index in [1.165, 1.54) is 0 Å².